The van der Waals surface area contributed by atoms with Gasteiger partial charge in [0.15, 0.2) is 0 Å². The zero-order valence-electron chi connectivity index (χ0n) is 13.2. The largest absolute Gasteiger partial charge is 0.468 e. The Morgan fingerprint density at radius 3 is 2.19 bits per heavy atom. The molecule has 0 radical (unpaired) electrons. The van der Waals surface area contributed by atoms with E-state index in [1.54, 1.807) is 19.1 Å². The summed E-state index contributed by atoms with van der Waals surface area (Å²) >= 11 is 0. The summed E-state index contributed by atoms with van der Waals surface area (Å²) in [5.41, 5.74) is 0.441. The van der Waals surface area contributed by atoms with E-state index in [1.165, 1.54) is 7.11 Å². The van der Waals surface area contributed by atoms with Gasteiger partial charge in [0, 0.05) is 0 Å². The molecule has 0 amide bonds. The van der Waals surface area contributed by atoms with E-state index in [2.05, 4.69) is 4.72 Å². The molecule has 6 heteroatoms. The van der Waals surface area contributed by atoms with E-state index in [4.69, 9.17) is 4.74 Å². The van der Waals surface area contributed by atoms with Gasteiger partial charge in [0.25, 0.3) is 0 Å². The van der Waals surface area contributed by atoms with Crippen molar-refractivity contribution < 1.29 is 17.9 Å². The molecule has 1 unspecified atom stereocenters. The number of hydrogen-bond donors (Lipinski definition) is 1. The third-order valence-electron chi connectivity index (χ3n) is 3.25. The average Bonchev–Trinajstić information content (AvgIpc) is 2.36. The van der Waals surface area contributed by atoms with Gasteiger partial charge >= 0.3 is 5.97 Å². The molecule has 0 saturated heterocycles. The number of carbonyl (C=O) groups is 1. The van der Waals surface area contributed by atoms with Crippen molar-refractivity contribution in [2.75, 3.05) is 7.11 Å². The maximum atomic E-state index is 12.5. The molecule has 1 aromatic rings. The SMILES string of the molecule is CCCC(C)(NS(=O)(=O)c1cc(C)cc(C)c1)C(=O)OC. The van der Waals surface area contributed by atoms with Crippen LogP contribution in [0, 0.1) is 13.8 Å². The van der Waals surface area contributed by atoms with E-state index < -0.39 is 21.5 Å². The molecule has 1 N–H and O–H groups in total. The Kier molecular flexibility index (Phi) is 5.53. The van der Waals surface area contributed by atoms with Crippen LogP contribution in [0.25, 0.3) is 0 Å². The van der Waals surface area contributed by atoms with Gasteiger partial charge in [-0.3, -0.25) is 4.79 Å². The molecule has 21 heavy (non-hydrogen) atoms. The van der Waals surface area contributed by atoms with Crippen molar-refractivity contribution in [1.29, 1.82) is 0 Å². The van der Waals surface area contributed by atoms with E-state index in [9.17, 15) is 13.2 Å². The molecule has 0 bridgehead atoms. The number of aryl methyl sites for hydroxylation is 2. The Labute approximate surface area is 126 Å². The van der Waals surface area contributed by atoms with Gasteiger partial charge in [-0.2, -0.15) is 4.72 Å². The van der Waals surface area contributed by atoms with Crippen molar-refractivity contribution >= 4 is 16.0 Å². The summed E-state index contributed by atoms with van der Waals surface area (Å²) in [6, 6.07) is 5.06. The van der Waals surface area contributed by atoms with E-state index in [-0.39, 0.29) is 4.90 Å². The van der Waals surface area contributed by atoms with Crippen molar-refractivity contribution in [2.45, 2.75) is 51.0 Å². The topological polar surface area (TPSA) is 72.5 Å². The summed E-state index contributed by atoms with van der Waals surface area (Å²) in [5, 5.41) is 0. The number of ether oxygens (including phenoxy) is 1. The maximum Gasteiger partial charge on any atom is 0.326 e. The number of hydrogen-bond acceptors (Lipinski definition) is 4. The van der Waals surface area contributed by atoms with Crippen LogP contribution in [0.4, 0.5) is 0 Å². The molecule has 0 fully saturated rings. The molecule has 1 aromatic carbocycles. The number of esters is 1. The fourth-order valence-electron chi connectivity index (χ4n) is 2.36. The van der Waals surface area contributed by atoms with E-state index in [0.717, 1.165) is 11.1 Å². The molecule has 1 atom stereocenters. The lowest BCUT2D eigenvalue weighted by Gasteiger charge is -2.27. The lowest BCUT2D eigenvalue weighted by molar-refractivity contribution is -0.147. The minimum atomic E-state index is -3.79. The van der Waals surface area contributed by atoms with E-state index >= 15 is 0 Å². The first-order chi connectivity index (χ1) is 9.64. The van der Waals surface area contributed by atoms with Crippen LogP contribution < -0.4 is 4.72 Å². The smallest absolute Gasteiger partial charge is 0.326 e. The van der Waals surface area contributed by atoms with Crippen molar-refractivity contribution in [3.63, 3.8) is 0 Å². The zero-order chi connectivity index (χ0) is 16.3. The van der Waals surface area contributed by atoms with Gasteiger partial charge in [0.05, 0.1) is 12.0 Å². The second-order valence-corrected chi connectivity index (χ2v) is 7.19. The number of sulfonamides is 1. The molecular weight excluding hydrogens is 290 g/mol. The predicted molar refractivity (Wildman–Crippen MR) is 81.6 cm³/mol. The maximum absolute atomic E-state index is 12.5. The van der Waals surface area contributed by atoms with Crippen molar-refractivity contribution in [2.24, 2.45) is 0 Å². The van der Waals surface area contributed by atoms with Crippen LogP contribution in [-0.4, -0.2) is 27.0 Å². The highest BCUT2D eigenvalue weighted by Crippen LogP contribution is 2.20. The van der Waals surface area contributed by atoms with Crippen molar-refractivity contribution in [3.8, 4) is 0 Å². The minimum Gasteiger partial charge on any atom is -0.468 e. The molecule has 0 aliphatic heterocycles. The molecule has 1 rings (SSSR count). The summed E-state index contributed by atoms with van der Waals surface area (Å²) in [6.07, 6.45) is 1.02. The van der Waals surface area contributed by atoms with Gasteiger partial charge in [-0.25, -0.2) is 8.42 Å². The molecule has 0 aliphatic rings. The lowest BCUT2D eigenvalue weighted by Crippen LogP contribution is -2.52. The highest BCUT2D eigenvalue weighted by molar-refractivity contribution is 7.89. The fraction of sp³-hybridized carbons (Fsp3) is 0.533. The summed E-state index contributed by atoms with van der Waals surface area (Å²) < 4.78 is 32.3. The Bertz CT molecular complexity index is 604. The first-order valence-electron chi connectivity index (χ1n) is 6.85. The third kappa shape index (κ3) is 4.28. The number of carbonyl (C=O) groups excluding carboxylic acids is 1. The Morgan fingerprint density at radius 2 is 1.76 bits per heavy atom. The van der Waals surface area contributed by atoms with Crippen LogP contribution in [0.3, 0.4) is 0 Å². The number of methoxy groups -OCH3 is 1. The number of rotatable bonds is 6. The third-order valence-corrected chi connectivity index (χ3v) is 4.83. The number of benzene rings is 1. The van der Waals surface area contributed by atoms with Gasteiger partial charge < -0.3 is 4.74 Å². The van der Waals surface area contributed by atoms with Gasteiger partial charge in [0.1, 0.15) is 5.54 Å². The Balaban J connectivity index is 3.20. The van der Waals surface area contributed by atoms with Gasteiger partial charge in [-0.1, -0.05) is 19.4 Å². The predicted octanol–water partition coefficient (Wildman–Crippen LogP) is 2.31. The standard InChI is InChI=1S/C15H23NO4S/c1-6-7-15(4,14(17)20-5)16-21(18,19)13-9-11(2)8-12(3)10-13/h8-10,16H,6-7H2,1-5H3. The lowest BCUT2D eigenvalue weighted by atomic mass is 9.98. The molecule has 0 heterocycles. The Hall–Kier alpha value is -1.40. The van der Waals surface area contributed by atoms with Gasteiger partial charge in [-0.05, 0) is 50.5 Å². The second-order valence-electron chi connectivity index (χ2n) is 5.50. The quantitative estimate of drug-likeness (QED) is 0.818. The molecule has 0 aliphatic carbocycles. The fourth-order valence-corrected chi connectivity index (χ4v) is 3.94. The minimum absolute atomic E-state index is 0.159. The molecule has 0 saturated carbocycles. The van der Waals surface area contributed by atoms with Crippen LogP contribution in [-0.2, 0) is 19.6 Å². The zero-order valence-corrected chi connectivity index (χ0v) is 14.0. The highest BCUT2D eigenvalue weighted by Gasteiger charge is 2.38. The Morgan fingerprint density at radius 1 is 1.24 bits per heavy atom. The van der Waals surface area contributed by atoms with Gasteiger partial charge in [0.2, 0.25) is 10.0 Å². The van der Waals surface area contributed by atoms with Crippen LogP contribution in [0.5, 0.6) is 0 Å². The highest BCUT2D eigenvalue weighted by atomic mass is 32.2. The van der Waals surface area contributed by atoms with E-state index in [1.807, 2.05) is 26.8 Å². The van der Waals surface area contributed by atoms with Gasteiger partial charge in [-0.15, -0.1) is 0 Å². The first-order valence-corrected chi connectivity index (χ1v) is 8.33. The van der Waals surface area contributed by atoms with Crippen LogP contribution >= 0.6 is 0 Å². The summed E-state index contributed by atoms with van der Waals surface area (Å²) in [4.78, 5) is 12.1. The summed E-state index contributed by atoms with van der Waals surface area (Å²) in [5.74, 6) is -0.586. The average molecular weight is 313 g/mol. The molecule has 118 valence electrons. The summed E-state index contributed by atoms with van der Waals surface area (Å²) in [6.45, 7) is 7.09. The second kappa shape index (κ2) is 6.58. The van der Waals surface area contributed by atoms with Crippen molar-refractivity contribution in [3.05, 3.63) is 29.3 Å². The van der Waals surface area contributed by atoms with Crippen LogP contribution in [0.2, 0.25) is 0 Å². The monoisotopic (exact) mass is 313 g/mol. The first kappa shape index (κ1) is 17.7. The normalized spacial score (nSPS) is 14.5. The summed E-state index contributed by atoms with van der Waals surface area (Å²) in [7, 11) is -2.54. The molecular formula is C15H23NO4S. The van der Waals surface area contributed by atoms with Crippen molar-refractivity contribution in [1.82, 2.24) is 4.72 Å². The molecule has 5 nitrogen and oxygen atoms in total. The van der Waals surface area contributed by atoms with Crippen LogP contribution in [0.15, 0.2) is 23.1 Å². The molecule has 0 aromatic heterocycles. The van der Waals surface area contributed by atoms with Crippen LogP contribution in [0.1, 0.15) is 37.8 Å². The molecule has 0 spiro atoms. The number of nitrogens with one attached hydrogen (secondary N) is 1. The van der Waals surface area contributed by atoms with E-state index in [0.29, 0.717) is 12.8 Å².